The number of anilines is 1. The van der Waals surface area contributed by atoms with E-state index in [4.69, 9.17) is 9.47 Å². The summed E-state index contributed by atoms with van der Waals surface area (Å²) in [5.41, 5.74) is 3.53. The van der Waals surface area contributed by atoms with Gasteiger partial charge in [-0.3, -0.25) is 4.90 Å². The predicted molar refractivity (Wildman–Crippen MR) is 125 cm³/mol. The summed E-state index contributed by atoms with van der Waals surface area (Å²) in [4.78, 5) is 17.5. The maximum absolute atomic E-state index is 13.0. The summed E-state index contributed by atoms with van der Waals surface area (Å²) in [6.45, 7) is 7.72. The maximum Gasteiger partial charge on any atom is 0.322 e. The van der Waals surface area contributed by atoms with E-state index in [-0.39, 0.29) is 18.2 Å². The van der Waals surface area contributed by atoms with Crippen LogP contribution < -0.4 is 10.1 Å². The van der Waals surface area contributed by atoms with Crippen molar-refractivity contribution >= 4 is 11.7 Å². The number of nitrogens with one attached hydrogen (secondary N) is 1. The van der Waals surface area contributed by atoms with Gasteiger partial charge in [-0.2, -0.15) is 0 Å². The lowest BCUT2D eigenvalue weighted by atomic mass is 10.0. The summed E-state index contributed by atoms with van der Waals surface area (Å²) in [6.07, 6.45) is 3.13. The lowest BCUT2D eigenvalue weighted by Crippen LogP contribution is -2.50. The van der Waals surface area contributed by atoms with Crippen molar-refractivity contribution in [3.8, 4) is 5.75 Å². The van der Waals surface area contributed by atoms with Crippen LogP contribution in [-0.4, -0.2) is 60.3 Å². The topological polar surface area (TPSA) is 54.0 Å². The number of benzene rings is 2. The Labute approximate surface area is 190 Å². The Kier molecular flexibility index (Phi) is 6.07. The monoisotopic (exact) mass is 435 g/mol. The van der Waals surface area contributed by atoms with Crippen LogP contribution >= 0.6 is 0 Å². The van der Waals surface area contributed by atoms with Crippen LogP contribution in [0, 0.1) is 6.92 Å². The molecule has 1 N–H and O–H groups in total. The highest BCUT2D eigenvalue weighted by atomic mass is 16.5. The van der Waals surface area contributed by atoms with Gasteiger partial charge in [0.15, 0.2) is 0 Å². The van der Waals surface area contributed by atoms with E-state index in [0.29, 0.717) is 12.1 Å². The largest absolute Gasteiger partial charge is 0.490 e. The Hall–Kier alpha value is -2.57. The smallest absolute Gasteiger partial charge is 0.322 e. The van der Waals surface area contributed by atoms with Gasteiger partial charge >= 0.3 is 6.03 Å². The lowest BCUT2D eigenvalue weighted by molar-refractivity contribution is 0.0256. The molecule has 3 heterocycles. The van der Waals surface area contributed by atoms with Crippen LogP contribution in [0.5, 0.6) is 5.75 Å². The third-order valence-corrected chi connectivity index (χ3v) is 7.26. The summed E-state index contributed by atoms with van der Waals surface area (Å²) < 4.78 is 11.4. The molecule has 2 bridgehead atoms. The van der Waals surface area contributed by atoms with Gasteiger partial charge in [-0.15, -0.1) is 0 Å². The minimum Gasteiger partial charge on any atom is -0.490 e. The zero-order valence-corrected chi connectivity index (χ0v) is 19.0. The van der Waals surface area contributed by atoms with E-state index in [9.17, 15) is 4.79 Å². The zero-order chi connectivity index (χ0) is 22.1. The molecular weight excluding hydrogens is 402 g/mol. The van der Waals surface area contributed by atoms with Gasteiger partial charge in [-0.1, -0.05) is 24.3 Å². The van der Waals surface area contributed by atoms with Gasteiger partial charge in [-0.25, -0.2) is 4.79 Å². The molecule has 0 aromatic heterocycles. The molecular formula is C26H33N3O3. The van der Waals surface area contributed by atoms with Gasteiger partial charge in [0, 0.05) is 49.7 Å². The van der Waals surface area contributed by atoms with Crippen molar-refractivity contribution in [3.63, 3.8) is 0 Å². The number of ether oxygens (including phenoxy) is 2. The molecule has 6 heteroatoms. The van der Waals surface area contributed by atoms with Crippen molar-refractivity contribution in [2.45, 2.75) is 57.3 Å². The van der Waals surface area contributed by atoms with Crippen LogP contribution in [0.1, 0.15) is 43.4 Å². The number of carbonyl (C=O) groups is 1. The third kappa shape index (κ3) is 4.34. The fourth-order valence-corrected chi connectivity index (χ4v) is 5.45. The molecule has 32 heavy (non-hydrogen) atoms. The average molecular weight is 436 g/mol. The molecule has 2 amide bonds. The van der Waals surface area contributed by atoms with E-state index >= 15 is 0 Å². The Morgan fingerprint density at radius 2 is 1.81 bits per heavy atom. The molecule has 3 aliphatic rings. The summed E-state index contributed by atoms with van der Waals surface area (Å²) in [6, 6.07) is 17.4. The number of rotatable bonds is 5. The molecule has 2 aromatic rings. The fraction of sp³-hybridized carbons (Fsp3) is 0.500. The second-order valence-corrected chi connectivity index (χ2v) is 9.31. The summed E-state index contributed by atoms with van der Waals surface area (Å²) in [5.74, 6) is 0.843. The van der Waals surface area contributed by atoms with E-state index in [1.54, 1.807) is 0 Å². The lowest BCUT2D eigenvalue weighted by Gasteiger charge is -2.38. The van der Waals surface area contributed by atoms with Crippen molar-refractivity contribution < 1.29 is 14.3 Å². The van der Waals surface area contributed by atoms with Crippen LogP contribution in [0.3, 0.4) is 0 Å². The Bertz CT molecular complexity index is 942. The number of urea groups is 1. The quantitative estimate of drug-likeness (QED) is 0.746. The van der Waals surface area contributed by atoms with E-state index in [2.05, 4.69) is 48.3 Å². The Morgan fingerprint density at radius 1 is 1.06 bits per heavy atom. The SMILES string of the molecule is Cc1ccccc1C(C)N1CC2CC1CN2C(=O)Nc1ccc(OC2CCOCC2)cc1. The number of nitrogens with zero attached hydrogens (tertiary/aromatic N) is 2. The first-order valence-electron chi connectivity index (χ1n) is 11.8. The summed E-state index contributed by atoms with van der Waals surface area (Å²) in [5, 5.41) is 3.08. The van der Waals surface area contributed by atoms with Crippen LogP contribution in [0.4, 0.5) is 10.5 Å². The molecule has 0 radical (unpaired) electrons. The molecule has 3 aliphatic heterocycles. The molecule has 3 unspecified atom stereocenters. The molecule has 6 nitrogen and oxygen atoms in total. The second kappa shape index (κ2) is 9.12. The number of hydrogen-bond acceptors (Lipinski definition) is 4. The molecule has 3 atom stereocenters. The number of likely N-dealkylation sites (tertiary alicyclic amines) is 2. The van der Waals surface area contributed by atoms with Crippen molar-refractivity contribution in [3.05, 3.63) is 59.7 Å². The van der Waals surface area contributed by atoms with E-state index in [1.807, 2.05) is 29.2 Å². The molecule has 0 saturated carbocycles. The van der Waals surface area contributed by atoms with E-state index < -0.39 is 0 Å². The second-order valence-electron chi connectivity index (χ2n) is 9.31. The van der Waals surface area contributed by atoms with Crippen LogP contribution in [0.2, 0.25) is 0 Å². The van der Waals surface area contributed by atoms with Crippen molar-refractivity contribution in [1.29, 1.82) is 0 Å². The first-order valence-corrected chi connectivity index (χ1v) is 11.8. The molecule has 5 rings (SSSR count). The minimum atomic E-state index is -0.00112. The summed E-state index contributed by atoms with van der Waals surface area (Å²) in [7, 11) is 0. The van der Waals surface area contributed by atoms with Crippen LogP contribution in [0.15, 0.2) is 48.5 Å². The highest BCUT2D eigenvalue weighted by Crippen LogP contribution is 2.37. The van der Waals surface area contributed by atoms with Crippen LogP contribution in [-0.2, 0) is 4.74 Å². The first-order chi connectivity index (χ1) is 15.6. The summed E-state index contributed by atoms with van der Waals surface area (Å²) >= 11 is 0. The number of hydrogen-bond donors (Lipinski definition) is 1. The van der Waals surface area contributed by atoms with E-state index in [0.717, 1.165) is 57.0 Å². The van der Waals surface area contributed by atoms with Crippen molar-refractivity contribution in [2.24, 2.45) is 0 Å². The standard InChI is InChI=1S/C26H33N3O3/c1-18-5-3-4-6-25(18)19(2)28-16-22-15-21(28)17-29(22)26(30)27-20-7-9-23(10-8-20)32-24-11-13-31-14-12-24/h3-10,19,21-22,24H,11-17H2,1-2H3,(H,27,30). The molecule has 0 spiro atoms. The van der Waals surface area contributed by atoms with Crippen LogP contribution in [0.25, 0.3) is 0 Å². The molecule has 0 aliphatic carbocycles. The maximum atomic E-state index is 13.0. The van der Waals surface area contributed by atoms with Gasteiger partial charge in [0.05, 0.1) is 13.2 Å². The van der Waals surface area contributed by atoms with Crippen molar-refractivity contribution in [1.82, 2.24) is 9.80 Å². The Morgan fingerprint density at radius 3 is 2.50 bits per heavy atom. The zero-order valence-electron chi connectivity index (χ0n) is 19.0. The number of aryl methyl sites for hydroxylation is 1. The molecule has 2 aromatic carbocycles. The average Bonchev–Trinajstić information content (AvgIpc) is 3.42. The fourth-order valence-electron chi connectivity index (χ4n) is 5.45. The highest BCUT2D eigenvalue weighted by Gasteiger charge is 2.46. The minimum absolute atomic E-state index is 0.00112. The van der Waals surface area contributed by atoms with Gasteiger partial charge in [0.1, 0.15) is 11.9 Å². The first kappa shape index (κ1) is 21.3. The molecule has 170 valence electrons. The van der Waals surface area contributed by atoms with E-state index in [1.165, 1.54) is 11.1 Å². The van der Waals surface area contributed by atoms with Gasteiger partial charge in [0.25, 0.3) is 0 Å². The molecule has 3 saturated heterocycles. The number of carbonyl (C=O) groups excluding carboxylic acids is 1. The Balaban J connectivity index is 1.15. The number of fused-ring (bicyclic) bond motifs is 2. The highest BCUT2D eigenvalue weighted by molar-refractivity contribution is 5.90. The normalized spacial score (nSPS) is 24.5. The van der Waals surface area contributed by atoms with Crippen molar-refractivity contribution in [2.75, 3.05) is 31.6 Å². The third-order valence-electron chi connectivity index (χ3n) is 7.26. The number of amides is 2. The predicted octanol–water partition coefficient (Wildman–Crippen LogP) is 4.60. The number of piperazine rings is 1. The molecule has 3 fully saturated rings. The van der Waals surface area contributed by atoms with Gasteiger partial charge < -0.3 is 19.7 Å². The van der Waals surface area contributed by atoms with Gasteiger partial charge in [0.2, 0.25) is 0 Å². The van der Waals surface area contributed by atoms with Gasteiger partial charge in [-0.05, 0) is 55.7 Å².